The van der Waals surface area contributed by atoms with Crippen LogP contribution in [0, 0.1) is 11.3 Å². The first kappa shape index (κ1) is 12.5. The van der Waals surface area contributed by atoms with Gasteiger partial charge in [0.15, 0.2) is 0 Å². The average molecular weight is 212 g/mol. The van der Waals surface area contributed by atoms with Gasteiger partial charge in [-0.3, -0.25) is 4.79 Å². The Morgan fingerprint density at radius 1 is 1.47 bits per heavy atom. The van der Waals surface area contributed by atoms with Crippen LogP contribution in [-0.2, 0) is 4.79 Å². The fraction of sp³-hybridized carbons (Fsp3) is 0.917. The Morgan fingerprint density at radius 2 is 2.13 bits per heavy atom. The fourth-order valence-corrected chi connectivity index (χ4v) is 2.07. The lowest BCUT2D eigenvalue weighted by Gasteiger charge is -2.17. The molecule has 1 amide bonds. The normalized spacial score (nSPS) is 19.7. The number of nitrogens with one attached hydrogen (secondary N) is 2. The van der Waals surface area contributed by atoms with E-state index in [1.807, 2.05) is 14.0 Å². The minimum absolute atomic E-state index is 0.0763. The van der Waals surface area contributed by atoms with E-state index in [-0.39, 0.29) is 11.8 Å². The van der Waals surface area contributed by atoms with Crippen molar-refractivity contribution in [2.24, 2.45) is 11.3 Å². The van der Waals surface area contributed by atoms with E-state index < -0.39 is 0 Å². The molecule has 0 bridgehead atoms. The van der Waals surface area contributed by atoms with Gasteiger partial charge in [0.1, 0.15) is 0 Å². The molecule has 0 aliphatic heterocycles. The van der Waals surface area contributed by atoms with E-state index >= 15 is 0 Å². The summed E-state index contributed by atoms with van der Waals surface area (Å²) in [5.41, 5.74) is 0.462. The Bertz CT molecular complexity index is 212. The highest BCUT2D eigenvalue weighted by Gasteiger charge is 2.41. The number of hydrogen-bond donors (Lipinski definition) is 2. The molecule has 3 nitrogen and oxygen atoms in total. The molecule has 1 unspecified atom stereocenters. The third-order valence-corrected chi connectivity index (χ3v) is 3.33. The molecule has 0 aromatic heterocycles. The minimum Gasteiger partial charge on any atom is -0.355 e. The van der Waals surface area contributed by atoms with Gasteiger partial charge in [-0.15, -0.1) is 0 Å². The monoisotopic (exact) mass is 212 g/mol. The molecule has 0 radical (unpaired) electrons. The van der Waals surface area contributed by atoms with E-state index in [1.54, 1.807) is 0 Å². The molecular formula is C12H24N2O. The van der Waals surface area contributed by atoms with Crippen molar-refractivity contribution in [2.75, 3.05) is 20.1 Å². The maximum atomic E-state index is 11.7. The molecule has 0 heterocycles. The minimum atomic E-state index is 0.0763. The summed E-state index contributed by atoms with van der Waals surface area (Å²) in [5.74, 6) is 0.263. The summed E-state index contributed by atoms with van der Waals surface area (Å²) in [6.07, 6.45) is 5.07. The first-order valence-corrected chi connectivity index (χ1v) is 6.06. The zero-order valence-electron chi connectivity index (χ0n) is 10.2. The second-order valence-corrected chi connectivity index (χ2v) is 4.93. The molecule has 1 atom stereocenters. The second kappa shape index (κ2) is 5.50. The van der Waals surface area contributed by atoms with Crippen LogP contribution in [-0.4, -0.2) is 26.0 Å². The third-order valence-electron chi connectivity index (χ3n) is 3.33. The predicted octanol–water partition coefficient (Wildman–Crippen LogP) is 1.54. The van der Waals surface area contributed by atoms with Crippen LogP contribution < -0.4 is 10.6 Å². The van der Waals surface area contributed by atoms with Gasteiger partial charge in [-0.1, -0.05) is 20.3 Å². The van der Waals surface area contributed by atoms with Crippen molar-refractivity contribution in [1.29, 1.82) is 0 Å². The summed E-state index contributed by atoms with van der Waals surface area (Å²) in [6, 6.07) is 0. The summed E-state index contributed by atoms with van der Waals surface area (Å²) < 4.78 is 0. The third kappa shape index (κ3) is 3.82. The Hall–Kier alpha value is -0.570. The topological polar surface area (TPSA) is 41.1 Å². The summed E-state index contributed by atoms with van der Waals surface area (Å²) in [6.45, 7) is 5.82. The van der Waals surface area contributed by atoms with Gasteiger partial charge in [0.25, 0.3) is 0 Å². The lowest BCUT2D eigenvalue weighted by molar-refractivity contribution is -0.124. The number of amides is 1. The number of rotatable bonds is 7. The molecule has 3 heteroatoms. The number of carbonyl (C=O) groups is 1. The summed E-state index contributed by atoms with van der Waals surface area (Å²) >= 11 is 0. The zero-order chi connectivity index (χ0) is 11.3. The van der Waals surface area contributed by atoms with E-state index in [1.165, 1.54) is 25.7 Å². The first-order chi connectivity index (χ1) is 7.13. The highest BCUT2D eigenvalue weighted by atomic mass is 16.1. The Balaban J connectivity index is 2.22. The maximum Gasteiger partial charge on any atom is 0.224 e. The van der Waals surface area contributed by atoms with Crippen LogP contribution >= 0.6 is 0 Å². The van der Waals surface area contributed by atoms with Gasteiger partial charge >= 0.3 is 0 Å². The molecule has 0 spiro atoms. The molecule has 2 N–H and O–H groups in total. The van der Waals surface area contributed by atoms with Crippen molar-refractivity contribution >= 4 is 5.91 Å². The molecule has 1 rings (SSSR count). The van der Waals surface area contributed by atoms with Gasteiger partial charge < -0.3 is 10.6 Å². The highest BCUT2D eigenvalue weighted by Crippen LogP contribution is 2.48. The van der Waals surface area contributed by atoms with Crippen molar-refractivity contribution in [1.82, 2.24) is 10.6 Å². The van der Waals surface area contributed by atoms with Gasteiger partial charge in [-0.2, -0.15) is 0 Å². The van der Waals surface area contributed by atoms with Gasteiger partial charge in [-0.05, 0) is 31.7 Å². The SMILES string of the molecule is CCCC1(CNC(=O)C(C)CNC)CC1. The van der Waals surface area contributed by atoms with Gasteiger partial charge in [0.2, 0.25) is 5.91 Å². The van der Waals surface area contributed by atoms with Crippen LogP contribution in [0.25, 0.3) is 0 Å². The average Bonchev–Trinajstić information content (AvgIpc) is 2.96. The van der Waals surface area contributed by atoms with Crippen LogP contribution in [0.4, 0.5) is 0 Å². The van der Waals surface area contributed by atoms with E-state index in [9.17, 15) is 4.79 Å². The summed E-state index contributed by atoms with van der Waals surface area (Å²) in [4.78, 5) is 11.7. The van der Waals surface area contributed by atoms with E-state index in [2.05, 4.69) is 17.6 Å². The van der Waals surface area contributed by atoms with Crippen molar-refractivity contribution in [3.05, 3.63) is 0 Å². The lowest BCUT2D eigenvalue weighted by Crippen LogP contribution is -2.37. The predicted molar refractivity (Wildman–Crippen MR) is 62.7 cm³/mol. The van der Waals surface area contributed by atoms with Crippen molar-refractivity contribution in [3.63, 3.8) is 0 Å². The zero-order valence-corrected chi connectivity index (χ0v) is 10.2. The number of carbonyl (C=O) groups excluding carboxylic acids is 1. The van der Waals surface area contributed by atoms with Crippen molar-refractivity contribution in [3.8, 4) is 0 Å². The first-order valence-electron chi connectivity index (χ1n) is 6.06. The smallest absolute Gasteiger partial charge is 0.224 e. The van der Waals surface area contributed by atoms with E-state index in [4.69, 9.17) is 0 Å². The van der Waals surface area contributed by atoms with Gasteiger partial charge in [-0.25, -0.2) is 0 Å². The van der Waals surface area contributed by atoms with E-state index in [0.29, 0.717) is 5.41 Å². The molecule has 1 fully saturated rings. The molecule has 88 valence electrons. The quantitative estimate of drug-likeness (QED) is 0.672. The van der Waals surface area contributed by atoms with Crippen LogP contribution in [0.2, 0.25) is 0 Å². The highest BCUT2D eigenvalue weighted by molar-refractivity contribution is 5.78. The van der Waals surface area contributed by atoms with Crippen LogP contribution in [0.15, 0.2) is 0 Å². The fourth-order valence-electron chi connectivity index (χ4n) is 2.07. The summed E-state index contributed by atoms with van der Waals surface area (Å²) in [7, 11) is 1.88. The van der Waals surface area contributed by atoms with E-state index in [0.717, 1.165) is 13.1 Å². The molecule has 0 aromatic carbocycles. The standard InChI is InChI=1S/C12H24N2O/c1-4-5-12(6-7-12)9-14-11(15)10(2)8-13-3/h10,13H,4-9H2,1-3H3,(H,14,15). The molecule has 0 saturated heterocycles. The molecule has 1 aliphatic carbocycles. The Morgan fingerprint density at radius 3 is 2.60 bits per heavy atom. The van der Waals surface area contributed by atoms with Crippen LogP contribution in [0.3, 0.4) is 0 Å². The van der Waals surface area contributed by atoms with Gasteiger partial charge in [0, 0.05) is 19.0 Å². The van der Waals surface area contributed by atoms with Crippen LogP contribution in [0.5, 0.6) is 0 Å². The molecule has 1 aliphatic rings. The Kier molecular flexibility index (Phi) is 4.58. The molecular weight excluding hydrogens is 188 g/mol. The Labute approximate surface area is 93.0 Å². The molecule has 1 saturated carbocycles. The van der Waals surface area contributed by atoms with Crippen molar-refractivity contribution in [2.45, 2.75) is 39.5 Å². The summed E-state index contributed by atoms with van der Waals surface area (Å²) in [5, 5.41) is 6.10. The second-order valence-electron chi connectivity index (χ2n) is 4.93. The molecule has 15 heavy (non-hydrogen) atoms. The van der Waals surface area contributed by atoms with Gasteiger partial charge in [0.05, 0.1) is 0 Å². The van der Waals surface area contributed by atoms with Crippen LogP contribution in [0.1, 0.15) is 39.5 Å². The maximum absolute atomic E-state index is 11.7. The number of hydrogen-bond acceptors (Lipinski definition) is 2. The molecule has 0 aromatic rings. The lowest BCUT2D eigenvalue weighted by atomic mass is 10.0. The van der Waals surface area contributed by atoms with Crippen molar-refractivity contribution < 1.29 is 4.79 Å². The largest absolute Gasteiger partial charge is 0.355 e.